The summed E-state index contributed by atoms with van der Waals surface area (Å²) in [4.78, 5) is 0. The molecule has 0 saturated heterocycles. The minimum atomic E-state index is 0.985. The summed E-state index contributed by atoms with van der Waals surface area (Å²) in [7, 11) is 0. The summed E-state index contributed by atoms with van der Waals surface area (Å²) < 4.78 is 0. The van der Waals surface area contributed by atoms with E-state index in [0.29, 0.717) is 0 Å². The van der Waals surface area contributed by atoms with Crippen molar-refractivity contribution < 1.29 is 0 Å². The molecule has 1 aromatic rings. The molecule has 0 amide bonds. The topological polar surface area (TPSA) is 0 Å². The third-order valence-electron chi connectivity index (χ3n) is 3.44. The first-order valence-electron chi connectivity index (χ1n) is 6.97. The monoisotopic (exact) mass is 254 g/mol. The van der Waals surface area contributed by atoms with E-state index in [1.807, 2.05) is 0 Å². The highest BCUT2D eigenvalue weighted by Gasteiger charge is 2.03. The van der Waals surface area contributed by atoms with E-state index >= 15 is 0 Å². The summed E-state index contributed by atoms with van der Waals surface area (Å²) in [6.45, 7) is 14.7. The van der Waals surface area contributed by atoms with E-state index in [4.69, 9.17) is 0 Å². The van der Waals surface area contributed by atoms with Crippen LogP contribution in [0.1, 0.15) is 50.8 Å². The van der Waals surface area contributed by atoms with Crippen molar-refractivity contribution in [3.05, 3.63) is 64.8 Å². The molecule has 0 heterocycles. The Bertz CT molecular complexity index is 513. The third-order valence-corrected chi connectivity index (χ3v) is 3.44. The Morgan fingerprint density at radius 1 is 1.21 bits per heavy atom. The molecule has 0 heteroatoms. The molecule has 0 aliphatic heterocycles. The van der Waals surface area contributed by atoms with Crippen molar-refractivity contribution in [3.8, 4) is 0 Å². The molecule has 0 N–H and O–H groups in total. The molecule has 19 heavy (non-hydrogen) atoms. The second-order valence-corrected chi connectivity index (χ2v) is 5.51. The number of hydrogen-bond donors (Lipinski definition) is 0. The fourth-order valence-corrected chi connectivity index (χ4v) is 2.10. The summed E-state index contributed by atoms with van der Waals surface area (Å²) >= 11 is 0. The first kappa shape index (κ1) is 15.5. The van der Waals surface area contributed by atoms with E-state index < -0.39 is 0 Å². The molecular weight excluding hydrogens is 228 g/mol. The molecule has 0 spiro atoms. The van der Waals surface area contributed by atoms with Gasteiger partial charge in [-0.25, -0.2) is 0 Å². The van der Waals surface area contributed by atoms with Crippen LogP contribution in [0.2, 0.25) is 0 Å². The van der Waals surface area contributed by atoms with E-state index in [1.54, 1.807) is 0 Å². The largest absolute Gasteiger partial charge is 0.0998 e. The summed E-state index contributed by atoms with van der Waals surface area (Å²) in [5.74, 6) is 0. The summed E-state index contributed by atoms with van der Waals surface area (Å²) in [5, 5.41) is 0. The smallest absolute Gasteiger partial charge is 0.00696 e. The quantitative estimate of drug-likeness (QED) is 0.576. The molecule has 102 valence electrons. The van der Waals surface area contributed by atoms with Crippen molar-refractivity contribution in [1.29, 1.82) is 0 Å². The molecule has 0 saturated carbocycles. The number of rotatable bonds is 5. The van der Waals surface area contributed by atoms with Crippen molar-refractivity contribution in [2.75, 3.05) is 0 Å². The van der Waals surface area contributed by atoms with Gasteiger partial charge in [0.25, 0.3) is 0 Å². The van der Waals surface area contributed by atoms with Crippen LogP contribution in [-0.4, -0.2) is 0 Å². The van der Waals surface area contributed by atoms with E-state index in [1.165, 1.54) is 33.4 Å². The maximum Gasteiger partial charge on any atom is -0.00696 e. The molecule has 0 atom stereocenters. The van der Waals surface area contributed by atoms with Gasteiger partial charge in [0.2, 0.25) is 0 Å². The van der Waals surface area contributed by atoms with Gasteiger partial charge in [0.1, 0.15) is 0 Å². The van der Waals surface area contributed by atoms with Crippen LogP contribution in [0.25, 0.3) is 5.57 Å². The SMILES string of the molecule is C=C(C)C/C=C(\C)Cc1ccc(C)c(/C(C)=C\C)c1. The van der Waals surface area contributed by atoms with Crippen LogP contribution in [0.3, 0.4) is 0 Å². The fourth-order valence-electron chi connectivity index (χ4n) is 2.10. The van der Waals surface area contributed by atoms with Crippen LogP contribution in [0.15, 0.2) is 48.1 Å². The zero-order valence-corrected chi connectivity index (χ0v) is 13.0. The Kier molecular flexibility index (Phi) is 5.82. The number of hydrogen-bond acceptors (Lipinski definition) is 0. The lowest BCUT2D eigenvalue weighted by molar-refractivity contribution is 1.09. The van der Waals surface area contributed by atoms with Crippen molar-refractivity contribution in [1.82, 2.24) is 0 Å². The Balaban J connectivity index is 2.91. The van der Waals surface area contributed by atoms with Gasteiger partial charge >= 0.3 is 0 Å². The normalized spacial score (nSPS) is 12.7. The van der Waals surface area contributed by atoms with Crippen LogP contribution in [0.5, 0.6) is 0 Å². The van der Waals surface area contributed by atoms with Crippen LogP contribution in [0.4, 0.5) is 0 Å². The minimum absolute atomic E-state index is 0.985. The van der Waals surface area contributed by atoms with Crippen molar-refractivity contribution >= 4 is 5.57 Å². The molecule has 0 bridgehead atoms. The molecule has 0 unspecified atom stereocenters. The maximum absolute atomic E-state index is 3.94. The first-order valence-corrected chi connectivity index (χ1v) is 6.97. The molecule has 0 aliphatic carbocycles. The number of aryl methyl sites for hydroxylation is 1. The van der Waals surface area contributed by atoms with Gasteiger partial charge in [-0.2, -0.15) is 0 Å². The highest BCUT2D eigenvalue weighted by Crippen LogP contribution is 2.21. The molecule has 0 fully saturated rings. The Labute approximate surface area is 118 Å². The second kappa shape index (κ2) is 7.13. The first-order chi connectivity index (χ1) is 8.93. The molecule has 0 nitrogen and oxygen atoms in total. The van der Waals surface area contributed by atoms with Gasteiger partial charge in [0.05, 0.1) is 0 Å². The maximum atomic E-state index is 3.94. The predicted molar refractivity (Wildman–Crippen MR) is 87.4 cm³/mol. The van der Waals surface area contributed by atoms with Gasteiger partial charge in [-0.3, -0.25) is 0 Å². The molecule has 0 radical (unpaired) electrons. The van der Waals surface area contributed by atoms with Crippen molar-refractivity contribution in [2.24, 2.45) is 0 Å². The molecular formula is C19H26. The zero-order valence-electron chi connectivity index (χ0n) is 13.0. The standard InChI is InChI=1S/C19H26/c1-7-16(5)19-13-18(11-10-17(19)6)12-15(4)9-8-14(2)3/h7,9-11,13H,2,8,12H2,1,3-6H3/b15-9+,16-7-. The van der Waals surface area contributed by atoms with Gasteiger partial charge in [-0.1, -0.05) is 48.1 Å². The van der Waals surface area contributed by atoms with Crippen LogP contribution in [0, 0.1) is 6.92 Å². The Hall–Kier alpha value is -1.56. The average Bonchev–Trinajstić information content (AvgIpc) is 2.37. The van der Waals surface area contributed by atoms with Gasteiger partial charge in [0.15, 0.2) is 0 Å². The van der Waals surface area contributed by atoms with E-state index in [-0.39, 0.29) is 0 Å². The van der Waals surface area contributed by atoms with Crippen LogP contribution in [-0.2, 0) is 6.42 Å². The molecule has 0 aromatic heterocycles. The van der Waals surface area contributed by atoms with Gasteiger partial charge in [0, 0.05) is 0 Å². The Morgan fingerprint density at radius 3 is 2.47 bits per heavy atom. The summed E-state index contributed by atoms with van der Waals surface area (Å²) in [6, 6.07) is 6.78. The molecule has 1 aromatic carbocycles. The zero-order chi connectivity index (χ0) is 14.4. The number of benzene rings is 1. The van der Waals surface area contributed by atoms with Crippen LogP contribution >= 0.6 is 0 Å². The lowest BCUT2D eigenvalue weighted by Gasteiger charge is -2.10. The molecule has 0 aliphatic rings. The number of allylic oxidation sites excluding steroid dienone is 5. The van der Waals surface area contributed by atoms with E-state index in [0.717, 1.165) is 12.8 Å². The van der Waals surface area contributed by atoms with Gasteiger partial charge in [-0.15, -0.1) is 0 Å². The second-order valence-electron chi connectivity index (χ2n) is 5.51. The average molecular weight is 254 g/mol. The van der Waals surface area contributed by atoms with E-state index in [2.05, 4.69) is 71.5 Å². The third kappa shape index (κ3) is 4.90. The lowest BCUT2D eigenvalue weighted by atomic mass is 9.96. The van der Waals surface area contributed by atoms with E-state index in [9.17, 15) is 0 Å². The molecule has 1 rings (SSSR count). The summed E-state index contributed by atoms with van der Waals surface area (Å²) in [5.41, 5.74) is 8.08. The highest BCUT2D eigenvalue weighted by molar-refractivity contribution is 5.66. The van der Waals surface area contributed by atoms with Crippen molar-refractivity contribution in [3.63, 3.8) is 0 Å². The fraction of sp³-hybridized carbons (Fsp3) is 0.368. The summed E-state index contributed by atoms with van der Waals surface area (Å²) in [6.07, 6.45) is 6.47. The van der Waals surface area contributed by atoms with Crippen LogP contribution < -0.4 is 0 Å². The highest BCUT2D eigenvalue weighted by atomic mass is 14.1. The Morgan fingerprint density at radius 2 is 1.89 bits per heavy atom. The van der Waals surface area contributed by atoms with Gasteiger partial charge in [-0.05, 0) is 69.7 Å². The lowest BCUT2D eigenvalue weighted by Crippen LogP contribution is -1.92. The van der Waals surface area contributed by atoms with Crippen molar-refractivity contribution in [2.45, 2.75) is 47.5 Å². The van der Waals surface area contributed by atoms with Gasteiger partial charge < -0.3 is 0 Å². The minimum Gasteiger partial charge on any atom is -0.0998 e. The predicted octanol–water partition coefficient (Wildman–Crippen LogP) is 5.87.